The molecule has 0 fully saturated rings. The van der Waals surface area contributed by atoms with E-state index in [2.05, 4.69) is 60.7 Å². The molecule has 0 amide bonds. The molecule has 0 N–H and O–H groups in total. The predicted molar refractivity (Wildman–Crippen MR) is 65.0 cm³/mol. The zero-order valence-electron chi connectivity index (χ0n) is 9.98. The van der Waals surface area contributed by atoms with Crippen molar-refractivity contribution in [3.05, 3.63) is 66.7 Å². The molecule has 0 aliphatic heterocycles. The second-order valence-corrected chi connectivity index (χ2v) is 3.74. The van der Waals surface area contributed by atoms with Crippen LogP contribution in [0.2, 0.25) is 0 Å². The van der Waals surface area contributed by atoms with Crippen molar-refractivity contribution < 1.29 is 35.8 Å². The van der Waals surface area contributed by atoms with Gasteiger partial charge in [0.2, 0.25) is 0 Å². The summed E-state index contributed by atoms with van der Waals surface area (Å²) >= 11 is 0. The van der Waals surface area contributed by atoms with Crippen LogP contribution in [0, 0.1) is 0 Å². The molecule has 0 heterocycles. The van der Waals surface area contributed by atoms with Crippen LogP contribution in [0.1, 0.15) is 0 Å². The molecule has 0 spiro atoms. The van der Waals surface area contributed by atoms with Crippen LogP contribution in [0.4, 0.5) is 0 Å². The number of benzene rings is 2. The molecule has 3 aromatic carbocycles. The molecule has 0 nitrogen and oxygen atoms in total. The molecule has 0 aliphatic rings. The first-order valence-corrected chi connectivity index (χ1v) is 5.14. The molecule has 0 atom stereocenters. The van der Waals surface area contributed by atoms with E-state index in [-0.39, 0.29) is 35.8 Å². The maximum atomic E-state index is 2.24. The smallest absolute Gasteiger partial charge is 1.00 e. The van der Waals surface area contributed by atoms with Gasteiger partial charge in [0, 0.05) is 0 Å². The van der Waals surface area contributed by atoms with E-state index in [1.54, 1.807) is 0 Å². The first-order chi connectivity index (χ1) is 7.43. The summed E-state index contributed by atoms with van der Waals surface area (Å²) in [5, 5.41) is 2.63. The van der Waals surface area contributed by atoms with Crippen molar-refractivity contribution in [2.75, 3.05) is 0 Å². The van der Waals surface area contributed by atoms with E-state index in [1.807, 2.05) is 6.07 Å². The van der Waals surface area contributed by atoms with Crippen molar-refractivity contribution in [2.24, 2.45) is 0 Å². The van der Waals surface area contributed by atoms with Crippen molar-refractivity contribution in [2.45, 2.75) is 0 Å². The van der Waals surface area contributed by atoms with E-state index in [9.17, 15) is 0 Å². The minimum absolute atomic E-state index is 0. The SMILES string of the molecule is [F-].[F-].[F-].[Ti+4].c1ccc(-c2cc3ccccc3[cH-]2)cc1. The van der Waals surface area contributed by atoms with Gasteiger partial charge in [-0.2, -0.15) is 0 Å². The molecule has 0 saturated heterocycles. The van der Waals surface area contributed by atoms with Gasteiger partial charge in [-0.1, -0.05) is 54.1 Å². The van der Waals surface area contributed by atoms with E-state index in [4.69, 9.17) is 0 Å². The van der Waals surface area contributed by atoms with Gasteiger partial charge < -0.3 is 14.1 Å². The second kappa shape index (κ2) is 8.62. The Bertz CT molecular complexity index is 557. The third-order valence-electron chi connectivity index (χ3n) is 2.73. The van der Waals surface area contributed by atoms with E-state index >= 15 is 0 Å². The molecular weight excluding hydrogens is 285 g/mol. The number of rotatable bonds is 1. The molecule has 19 heavy (non-hydrogen) atoms. The average molecular weight is 296 g/mol. The average Bonchev–Trinajstić information content (AvgIpc) is 2.74. The second-order valence-electron chi connectivity index (χ2n) is 3.74. The Morgan fingerprint density at radius 1 is 0.684 bits per heavy atom. The first kappa shape index (κ1) is 19.9. The summed E-state index contributed by atoms with van der Waals surface area (Å²) in [6, 6.07) is 23.4. The summed E-state index contributed by atoms with van der Waals surface area (Å²) in [7, 11) is 0. The summed E-state index contributed by atoms with van der Waals surface area (Å²) in [4.78, 5) is 0. The van der Waals surface area contributed by atoms with Crippen molar-refractivity contribution in [1.82, 2.24) is 0 Å². The summed E-state index contributed by atoms with van der Waals surface area (Å²) in [6.45, 7) is 0. The van der Waals surface area contributed by atoms with Crippen LogP contribution in [0.5, 0.6) is 0 Å². The molecule has 4 heteroatoms. The van der Waals surface area contributed by atoms with Crippen LogP contribution in [0.25, 0.3) is 21.9 Å². The van der Waals surface area contributed by atoms with Gasteiger partial charge in [-0.25, -0.2) is 0 Å². The van der Waals surface area contributed by atoms with Crippen molar-refractivity contribution in [3.63, 3.8) is 0 Å². The Labute approximate surface area is 124 Å². The van der Waals surface area contributed by atoms with Crippen molar-refractivity contribution >= 4 is 10.8 Å². The summed E-state index contributed by atoms with van der Waals surface area (Å²) in [5.74, 6) is 0. The van der Waals surface area contributed by atoms with Gasteiger partial charge in [0.1, 0.15) is 0 Å². The van der Waals surface area contributed by atoms with Crippen LogP contribution in [0.15, 0.2) is 66.7 Å². The van der Waals surface area contributed by atoms with Crippen LogP contribution < -0.4 is 14.1 Å². The fourth-order valence-electron chi connectivity index (χ4n) is 1.95. The molecule has 3 rings (SSSR count). The quantitative estimate of drug-likeness (QED) is 0.312. The number of fused-ring (bicyclic) bond motifs is 1. The summed E-state index contributed by atoms with van der Waals surface area (Å²) in [5.41, 5.74) is 2.59. The molecule has 0 radical (unpaired) electrons. The summed E-state index contributed by atoms with van der Waals surface area (Å²) < 4.78 is 0. The molecular formula is C15H11F3Ti. The van der Waals surface area contributed by atoms with E-state index in [0.29, 0.717) is 0 Å². The molecule has 3 aromatic rings. The molecule has 0 aromatic heterocycles. The first-order valence-electron chi connectivity index (χ1n) is 5.14. The fraction of sp³-hybridized carbons (Fsp3) is 0. The van der Waals surface area contributed by atoms with E-state index in [1.165, 1.54) is 21.9 Å². The van der Waals surface area contributed by atoms with Gasteiger partial charge in [-0.3, -0.25) is 0 Å². The maximum absolute atomic E-state index is 2.24. The van der Waals surface area contributed by atoms with Gasteiger partial charge in [0.15, 0.2) is 0 Å². The number of hydrogen-bond acceptors (Lipinski definition) is 0. The fourth-order valence-corrected chi connectivity index (χ4v) is 1.95. The summed E-state index contributed by atoms with van der Waals surface area (Å²) in [6.07, 6.45) is 0. The Morgan fingerprint density at radius 2 is 1.26 bits per heavy atom. The monoisotopic (exact) mass is 296 g/mol. The molecule has 96 valence electrons. The topological polar surface area (TPSA) is 0 Å². The third-order valence-corrected chi connectivity index (χ3v) is 2.73. The van der Waals surface area contributed by atoms with Crippen LogP contribution >= 0.6 is 0 Å². The van der Waals surface area contributed by atoms with E-state index < -0.39 is 0 Å². The van der Waals surface area contributed by atoms with Crippen LogP contribution in [-0.4, -0.2) is 0 Å². The van der Waals surface area contributed by atoms with Crippen LogP contribution in [0.3, 0.4) is 0 Å². The molecule has 0 bridgehead atoms. The van der Waals surface area contributed by atoms with E-state index in [0.717, 1.165) is 0 Å². The predicted octanol–water partition coefficient (Wildman–Crippen LogP) is -4.76. The van der Waals surface area contributed by atoms with Crippen LogP contribution in [-0.2, 0) is 21.7 Å². The standard InChI is InChI=1S/C15H11.3FH.Ti/c1-2-6-12(7-3-1)15-10-13-8-4-5-9-14(13)11-15;;;;/h1-11H;3*1H;/q-1;;;;+4/p-3. The number of hydrogen-bond donors (Lipinski definition) is 0. The van der Waals surface area contributed by atoms with Gasteiger partial charge in [0.05, 0.1) is 0 Å². The Hall–Kier alpha value is -1.45. The molecule has 0 aliphatic carbocycles. The van der Waals surface area contributed by atoms with Crippen molar-refractivity contribution in [1.29, 1.82) is 0 Å². The molecule has 0 saturated carbocycles. The van der Waals surface area contributed by atoms with Gasteiger partial charge in [-0.05, 0) is 0 Å². The van der Waals surface area contributed by atoms with Crippen molar-refractivity contribution in [3.8, 4) is 11.1 Å². The van der Waals surface area contributed by atoms with Gasteiger partial charge >= 0.3 is 21.7 Å². The Balaban J connectivity index is 0. The zero-order chi connectivity index (χ0) is 10.1. The zero-order valence-corrected chi connectivity index (χ0v) is 11.5. The largest absolute Gasteiger partial charge is 4.00 e. The van der Waals surface area contributed by atoms with Gasteiger partial charge in [-0.15, -0.1) is 34.5 Å². The maximum Gasteiger partial charge on any atom is 4.00 e. The normalized spacial score (nSPS) is 8.42. The molecule has 0 unspecified atom stereocenters. The Kier molecular flexibility index (Phi) is 9.02. The third kappa shape index (κ3) is 4.01. The Morgan fingerprint density at radius 3 is 1.89 bits per heavy atom. The minimum Gasteiger partial charge on any atom is -1.00 e. The number of halogens is 3. The minimum atomic E-state index is 0. The van der Waals surface area contributed by atoms with Gasteiger partial charge in [0.25, 0.3) is 0 Å².